The first kappa shape index (κ1) is 13.5. The van der Waals surface area contributed by atoms with Gasteiger partial charge in [-0.1, -0.05) is 11.8 Å². The maximum absolute atomic E-state index is 11.1. The second-order valence-electron chi connectivity index (χ2n) is 3.87. The van der Waals surface area contributed by atoms with E-state index in [0.29, 0.717) is 23.1 Å². The second kappa shape index (κ2) is 5.84. The molecule has 1 N–H and O–H groups in total. The van der Waals surface area contributed by atoms with Crippen LogP contribution < -0.4 is 0 Å². The Hall–Kier alpha value is -2.88. The van der Waals surface area contributed by atoms with Gasteiger partial charge < -0.3 is 4.74 Å². The van der Waals surface area contributed by atoms with Crippen LogP contribution in [0.5, 0.6) is 0 Å². The van der Waals surface area contributed by atoms with Gasteiger partial charge in [0.25, 0.3) is 5.69 Å². The number of esters is 1. The summed E-state index contributed by atoms with van der Waals surface area (Å²) in [6.07, 6.45) is 1.34. The number of nitro groups is 1. The molecule has 1 aromatic heterocycles. The number of ether oxygens (including phenoxy) is 1. The Morgan fingerprint density at radius 1 is 1.55 bits per heavy atom. The Bertz CT molecular complexity index is 724. The molecular formula is C13H11N3O4. The third kappa shape index (κ3) is 2.92. The molecule has 0 bridgehead atoms. The SMILES string of the molecule is CCOC(=O)CC#Cc1cc([N+](=O)[O-])c2cn[nH]c2c1. The monoisotopic (exact) mass is 273 g/mol. The van der Waals surface area contributed by atoms with Crippen LogP contribution in [0.3, 0.4) is 0 Å². The minimum Gasteiger partial charge on any atom is -0.465 e. The summed E-state index contributed by atoms with van der Waals surface area (Å²) in [6.45, 7) is 2.01. The molecule has 7 nitrogen and oxygen atoms in total. The van der Waals surface area contributed by atoms with Gasteiger partial charge in [0.15, 0.2) is 0 Å². The first-order chi connectivity index (χ1) is 9.61. The van der Waals surface area contributed by atoms with Crippen LogP contribution in [0.2, 0.25) is 0 Å². The van der Waals surface area contributed by atoms with E-state index in [9.17, 15) is 14.9 Å². The number of H-pyrrole nitrogens is 1. The van der Waals surface area contributed by atoms with Crippen molar-refractivity contribution in [3.63, 3.8) is 0 Å². The average molecular weight is 273 g/mol. The molecule has 0 radical (unpaired) electrons. The van der Waals surface area contributed by atoms with Crippen LogP contribution in [0.1, 0.15) is 18.9 Å². The maximum atomic E-state index is 11.1. The van der Waals surface area contributed by atoms with Crippen molar-refractivity contribution in [2.45, 2.75) is 13.3 Å². The molecule has 1 aromatic carbocycles. The van der Waals surface area contributed by atoms with E-state index in [2.05, 4.69) is 22.0 Å². The predicted octanol–water partition coefficient (Wildman–Crippen LogP) is 1.78. The van der Waals surface area contributed by atoms with Gasteiger partial charge in [-0.25, -0.2) is 0 Å². The number of non-ortho nitro benzene ring substituents is 1. The summed E-state index contributed by atoms with van der Waals surface area (Å²) in [5.74, 6) is 4.92. The number of nitrogens with zero attached hydrogens (tertiary/aromatic N) is 2. The molecule has 2 aromatic rings. The molecule has 20 heavy (non-hydrogen) atoms. The van der Waals surface area contributed by atoms with Crippen molar-refractivity contribution in [2.24, 2.45) is 0 Å². The summed E-state index contributed by atoms with van der Waals surface area (Å²) in [5, 5.41) is 17.8. The average Bonchev–Trinajstić information content (AvgIpc) is 2.86. The lowest BCUT2D eigenvalue weighted by molar-refractivity contribution is -0.383. The number of benzene rings is 1. The number of carbonyl (C=O) groups is 1. The van der Waals surface area contributed by atoms with Gasteiger partial charge in [-0.05, 0) is 13.0 Å². The molecule has 0 aliphatic carbocycles. The van der Waals surface area contributed by atoms with E-state index in [4.69, 9.17) is 4.74 Å². The lowest BCUT2D eigenvalue weighted by Gasteiger charge is -1.96. The molecule has 1 heterocycles. The van der Waals surface area contributed by atoms with Crippen LogP contribution in [-0.2, 0) is 9.53 Å². The molecule has 2 rings (SSSR count). The smallest absolute Gasteiger partial charge is 0.317 e. The number of aromatic nitrogens is 2. The van der Waals surface area contributed by atoms with Crippen LogP contribution in [0.25, 0.3) is 10.9 Å². The zero-order chi connectivity index (χ0) is 14.5. The van der Waals surface area contributed by atoms with Crippen LogP contribution in [0.4, 0.5) is 5.69 Å². The number of hydrogen-bond donors (Lipinski definition) is 1. The van der Waals surface area contributed by atoms with E-state index in [1.165, 1.54) is 12.3 Å². The summed E-state index contributed by atoms with van der Waals surface area (Å²) < 4.78 is 4.73. The largest absolute Gasteiger partial charge is 0.465 e. The van der Waals surface area contributed by atoms with Gasteiger partial charge in [-0.2, -0.15) is 5.10 Å². The fourth-order valence-electron chi connectivity index (χ4n) is 1.69. The fourth-order valence-corrected chi connectivity index (χ4v) is 1.69. The molecule has 0 spiro atoms. The van der Waals surface area contributed by atoms with Crippen molar-refractivity contribution >= 4 is 22.6 Å². The highest BCUT2D eigenvalue weighted by molar-refractivity contribution is 5.89. The zero-order valence-corrected chi connectivity index (χ0v) is 10.7. The fraction of sp³-hybridized carbons (Fsp3) is 0.231. The van der Waals surface area contributed by atoms with Gasteiger partial charge in [-0.3, -0.25) is 20.0 Å². The van der Waals surface area contributed by atoms with Gasteiger partial charge in [0.1, 0.15) is 6.42 Å². The molecule has 0 aliphatic rings. The Kier molecular flexibility index (Phi) is 3.96. The zero-order valence-electron chi connectivity index (χ0n) is 10.7. The van der Waals surface area contributed by atoms with Gasteiger partial charge in [0.05, 0.1) is 28.6 Å². The quantitative estimate of drug-likeness (QED) is 0.398. The van der Waals surface area contributed by atoms with Crippen molar-refractivity contribution in [2.75, 3.05) is 6.61 Å². The molecule has 0 saturated carbocycles. The lowest BCUT2D eigenvalue weighted by Crippen LogP contribution is -2.01. The highest BCUT2D eigenvalue weighted by Gasteiger charge is 2.14. The third-order valence-electron chi connectivity index (χ3n) is 2.50. The molecule has 0 aliphatic heterocycles. The number of aromatic amines is 1. The first-order valence-corrected chi connectivity index (χ1v) is 5.88. The second-order valence-corrected chi connectivity index (χ2v) is 3.87. The summed E-state index contributed by atoms with van der Waals surface area (Å²) >= 11 is 0. The van der Waals surface area contributed by atoms with E-state index in [0.717, 1.165) is 0 Å². The first-order valence-electron chi connectivity index (χ1n) is 5.88. The Morgan fingerprint density at radius 3 is 3.05 bits per heavy atom. The van der Waals surface area contributed by atoms with Crippen molar-refractivity contribution in [1.29, 1.82) is 0 Å². The number of hydrogen-bond acceptors (Lipinski definition) is 5. The van der Waals surface area contributed by atoms with Gasteiger partial charge in [0.2, 0.25) is 0 Å². The number of nitrogens with one attached hydrogen (secondary N) is 1. The van der Waals surface area contributed by atoms with Crippen LogP contribution in [-0.4, -0.2) is 27.7 Å². The van der Waals surface area contributed by atoms with Crippen LogP contribution in [0, 0.1) is 22.0 Å². The van der Waals surface area contributed by atoms with Gasteiger partial charge >= 0.3 is 5.97 Å². The summed E-state index contributed by atoms with van der Waals surface area (Å²) in [7, 11) is 0. The van der Waals surface area contributed by atoms with Crippen LogP contribution in [0.15, 0.2) is 18.3 Å². The molecule has 0 atom stereocenters. The number of fused-ring (bicyclic) bond motifs is 1. The van der Waals surface area contributed by atoms with E-state index < -0.39 is 10.9 Å². The van der Waals surface area contributed by atoms with E-state index >= 15 is 0 Å². The third-order valence-corrected chi connectivity index (χ3v) is 2.50. The topological polar surface area (TPSA) is 98.1 Å². The molecule has 0 fully saturated rings. The highest BCUT2D eigenvalue weighted by Crippen LogP contribution is 2.25. The standard InChI is InChI=1S/C13H11N3O4/c1-2-20-13(17)5-3-4-9-6-11-10(8-14-15-11)12(7-9)16(18)19/h6-8H,2,5H2,1H3,(H,14,15). The number of carbonyl (C=O) groups excluding carboxylic acids is 1. The van der Waals surface area contributed by atoms with Gasteiger partial charge in [0, 0.05) is 11.6 Å². The normalized spacial score (nSPS) is 9.85. The summed E-state index contributed by atoms with van der Waals surface area (Å²) in [5.41, 5.74) is 0.897. The van der Waals surface area contributed by atoms with E-state index in [1.54, 1.807) is 13.0 Å². The molecule has 0 unspecified atom stereocenters. The minimum atomic E-state index is -0.492. The molecule has 7 heteroatoms. The predicted molar refractivity (Wildman–Crippen MR) is 70.9 cm³/mol. The molecule has 102 valence electrons. The van der Waals surface area contributed by atoms with E-state index in [-0.39, 0.29) is 12.1 Å². The maximum Gasteiger partial charge on any atom is 0.317 e. The highest BCUT2D eigenvalue weighted by atomic mass is 16.6. The molecule has 0 amide bonds. The Morgan fingerprint density at radius 2 is 2.35 bits per heavy atom. The summed E-state index contributed by atoms with van der Waals surface area (Å²) in [6, 6.07) is 3.00. The Balaban J connectivity index is 2.29. The number of nitro benzene ring substituents is 1. The number of rotatable bonds is 3. The minimum absolute atomic E-state index is 0.0529. The van der Waals surface area contributed by atoms with Gasteiger partial charge in [-0.15, -0.1) is 0 Å². The lowest BCUT2D eigenvalue weighted by atomic mass is 10.1. The van der Waals surface area contributed by atoms with Crippen molar-refractivity contribution in [1.82, 2.24) is 10.2 Å². The van der Waals surface area contributed by atoms with Crippen molar-refractivity contribution in [3.05, 3.63) is 34.0 Å². The van der Waals surface area contributed by atoms with Crippen molar-refractivity contribution < 1.29 is 14.5 Å². The summed E-state index contributed by atoms with van der Waals surface area (Å²) in [4.78, 5) is 21.6. The molecule has 0 saturated heterocycles. The van der Waals surface area contributed by atoms with Crippen LogP contribution >= 0.6 is 0 Å². The van der Waals surface area contributed by atoms with E-state index in [1.807, 2.05) is 0 Å². The van der Waals surface area contributed by atoms with Crippen molar-refractivity contribution in [3.8, 4) is 11.8 Å². The Labute approximate surface area is 114 Å². The molecular weight excluding hydrogens is 262 g/mol.